The van der Waals surface area contributed by atoms with E-state index in [2.05, 4.69) is 27.0 Å². The molecule has 0 radical (unpaired) electrons. The Morgan fingerprint density at radius 1 is 1.11 bits per heavy atom. The van der Waals surface area contributed by atoms with Crippen molar-refractivity contribution in [2.24, 2.45) is 23.2 Å². The molecular formula is C30H38N6O2. The van der Waals surface area contributed by atoms with Gasteiger partial charge in [-0.15, -0.1) is 0 Å². The number of carbonyl (C=O) groups is 1. The van der Waals surface area contributed by atoms with E-state index in [1.165, 1.54) is 32.1 Å². The van der Waals surface area contributed by atoms with Crippen LogP contribution in [0.3, 0.4) is 0 Å². The van der Waals surface area contributed by atoms with Crippen molar-refractivity contribution in [2.75, 3.05) is 24.3 Å². The number of hydrogen-bond donors (Lipinski definition) is 3. The van der Waals surface area contributed by atoms with Crippen LogP contribution in [-0.4, -0.2) is 41.5 Å². The zero-order valence-corrected chi connectivity index (χ0v) is 22.2. The Morgan fingerprint density at radius 3 is 2.61 bits per heavy atom. The second-order valence-corrected chi connectivity index (χ2v) is 12.1. The molecule has 2 unspecified atom stereocenters. The fraction of sp³-hybridized carbons (Fsp3) is 0.600. The fourth-order valence-corrected chi connectivity index (χ4v) is 8.04. The van der Waals surface area contributed by atoms with Crippen LogP contribution in [0, 0.1) is 34.5 Å². The van der Waals surface area contributed by atoms with E-state index in [-0.39, 0.29) is 5.41 Å². The van der Waals surface area contributed by atoms with Crippen molar-refractivity contribution in [1.29, 1.82) is 5.26 Å². The van der Waals surface area contributed by atoms with E-state index in [1.54, 1.807) is 13.3 Å². The first-order valence-electron chi connectivity index (χ1n) is 14.2. The van der Waals surface area contributed by atoms with Gasteiger partial charge in [0.05, 0.1) is 13.3 Å². The summed E-state index contributed by atoms with van der Waals surface area (Å²) < 4.78 is 5.45. The number of ether oxygens (including phenoxy) is 1. The molecule has 0 amide bonds. The first-order chi connectivity index (χ1) is 18.5. The number of nitrogens with one attached hydrogen (secondary N) is 3. The Labute approximate surface area is 225 Å². The molecule has 0 spiro atoms. The molecule has 5 saturated carbocycles. The molecule has 7 rings (SSSR count). The number of benzene rings is 1. The number of ketones is 1. The van der Waals surface area contributed by atoms with Gasteiger partial charge < -0.3 is 20.7 Å². The van der Waals surface area contributed by atoms with Crippen LogP contribution in [-0.2, 0) is 11.3 Å². The first kappa shape index (κ1) is 25.1. The smallest absolute Gasteiger partial charge is 0.224 e. The molecule has 4 bridgehead atoms. The zero-order chi connectivity index (χ0) is 26.1. The standard InChI is InChI=1S/C30H38N6O2/c1-38-26-5-3-2-4-20(26)16-32-29-33-17-23(15-31)28(36-29)34-18-30-12-19-10-21(13-30)27(22(11-19)14-30)35-24-6-8-25(37)9-7-24/h2-5,17,19,21-22,24,27,35H,6-14,16,18H2,1H3,(H2,32,33,34,36)/t19?,21-,22+,27+,30?. The Balaban J connectivity index is 1.11. The topological polar surface area (TPSA) is 112 Å². The lowest BCUT2D eigenvalue weighted by Gasteiger charge is -2.61. The third-order valence-corrected chi connectivity index (χ3v) is 9.54. The van der Waals surface area contributed by atoms with Gasteiger partial charge in [0.1, 0.15) is 29.0 Å². The number of hydrogen-bond acceptors (Lipinski definition) is 8. The van der Waals surface area contributed by atoms with Crippen LogP contribution < -0.4 is 20.7 Å². The van der Waals surface area contributed by atoms with Gasteiger partial charge in [-0.1, -0.05) is 18.2 Å². The summed E-state index contributed by atoms with van der Waals surface area (Å²) in [5.74, 6) is 4.58. The second kappa shape index (κ2) is 10.5. The van der Waals surface area contributed by atoms with E-state index in [4.69, 9.17) is 9.72 Å². The lowest BCUT2D eigenvalue weighted by molar-refractivity contribution is -0.121. The van der Waals surface area contributed by atoms with Gasteiger partial charge in [-0.3, -0.25) is 4.79 Å². The van der Waals surface area contributed by atoms with Crippen LogP contribution in [0.5, 0.6) is 5.75 Å². The Hall–Kier alpha value is -3.18. The van der Waals surface area contributed by atoms with Crippen LogP contribution in [0.2, 0.25) is 0 Å². The summed E-state index contributed by atoms with van der Waals surface area (Å²) in [7, 11) is 1.67. The van der Waals surface area contributed by atoms with Gasteiger partial charge in [-0.05, 0) is 74.2 Å². The number of anilines is 2. The van der Waals surface area contributed by atoms with E-state index < -0.39 is 0 Å². The van der Waals surface area contributed by atoms with E-state index in [1.807, 2.05) is 24.3 Å². The van der Waals surface area contributed by atoms with Crippen LogP contribution in [0.25, 0.3) is 0 Å². The molecule has 5 aliphatic rings. The molecule has 200 valence electrons. The van der Waals surface area contributed by atoms with Crippen molar-refractivity contribution in [3.05, 3.63) is 41.6 Å². The molecule has 2 aromatic rings. The highest BCUT2D eigenvalue weighted by atomic mass is 16.5. The normalized spacial score (nSPS) is 30.2. The summed E-state index contributed by atoms with van der Waals surface area (Å²) in [4.78, 5) is 20.8. The highest BCUT2D eigenvalue weighted by Gasteiger charge is 2.55. The van der Waals surface area contributed by atoms with E-state index in [0.717, 1.165) is 49.5 Å². The van der Waals surface area contributed by atoms with Gasteiger partial charge >= 0.3 is 0 Å². The molecule has 38 heavy (non-hydrogen) atoms. The summed E-state index contributed by atoms with van der Waals surface area (Å²) in [6.07, 6.45) is 11.5. The number of methoxy groups -OCH3 is 1. The van der Waals surface area contributed by atoms with E-state index in [9.17, 15) is 10.1 Å². The molecule has 1 aromatic heterocycles. The number of para-hydroxylation sites is 1. The maximum absolute atomic E-state index is 11.7. The third-order valence-electron chi connectivity index (χ3n) is 9.54. The van der Waals surface area contributed by atoms with E-state index >= 15 is 0 Å². The summed E-state index contributed by atoms with van der Waals surface area (Å²) in [5.41, 5.74) is 1.76. The molecule has 0 aliphatic heterocycles. The Bertz CT molecular complexity index is 1200. The average molecular weight is 515 g/mol. The summed E-state index contributed by atoms with van der Waals surface area (Å²) in [6, 6.07) is 11.2. The average Bonchev–Trinajstić information content (AvgIpc) is 2.93. The lowest BCUT2D eigenvalue weighted by Crippen LogP contribution is -2.61. The van der Waals surface area contributed by atoms with Crippen molar-refractivity contribution in [1.82, 2.24) is 15.3 Å². The Morgan fingerprint density at radius 2 is 1.87 bits per heavy atom. The minimum atomic E-state index is 0.264. The lowest BCUT2D eigenvalue weighted by atomic mass is 9.47. The molecule has 3 N–H and O–H groups in total. The number of Topliss-reactive ketones (excluding diaryl/α,β-unsaturated/α-hetero) is 1. The predicted molar refractivity (Wildman–Crippen MR) is 146 cm³/mol. The maximum atomic E-state index is 11.7. The summed E-state index contributed by atoms with van der Waals surface area (Å²) >= 11 is 0. The predicted octanol–water partition coefficient (Wildman–Crippen LogP) is 4.68. The number of aromatic nitrogens is 2. The van der Waals surface area contributed by atoms with Crippen molar-refractivity contribution in [3.63, 3.8) is 0 Å². The van der Waals surface area contributed by atoms with Gasteiger partial charge in [0.25, 0.3) is 0 Å². The molecule has 8 nitrogen and oxygen atoms in total. The fourth-order valence-electron chi connectivity index (χ4n) is 8.04. The monoisotopic (exact) mass is 514 g/mol. The second-order valence-electron chi connectivity index (χ2n) is 12.1. The van der Waals surface area contributed by atoms with Gasteiger partial charge in [-0.2, -0.15) is 10.2 Å². The number of carbonyl (C=O) groups excluding carboxylic acids is 1. The molecule has 1 heterocycles. The largest absolute Gasteiger partial charge is 0.496 e. The van der Waals surface area contributed by atoms with E-state index in [0.29, 0.717) is 53.6 Å². The molecule has 5 atom stereocenters. The van der Waals surface area contributed by atoms with Gasteiger partial charge in [0, 0.05) is 43.6 Å². The van der Waals surface area contributed by atoms with Crippen molar-refractivity contribution in [2.45, 2.75) is 76.4 Å². The van der Waals surface area contributed by atoms with Crippen LogP contribution in [0.4, 0.5) is 11.8 Å². The minimum Gasteiger partial charge on any atom is -0.496 e. The maximum Gasteiger partial charge on any atom is 0.224 e. The van der Waals surface area contributed by atoms with Gasteiger partial charge in [-0.25, -0.2) is 4.98 Å². The van der Waals surface area contributed by atoms with Crippen molar-refractivity contribution in [3.8, 4) is 11.8 Å². The number of rotatable bonds is 9. The van der Waals surface area contributed by atoms with Crippen molar-refractivity contribution >= 4 is 17.5 Å². The molecule has 0 saturated heterocycles. The van der Waals surface area contributed by atoms with Crippen LogP contribution in [0.1, 0.15) is 68.9 Å². The minimum absolute atomic E-state index is 0.264. The van der Waals surface area contributed by atoms with Crippen LogP contribution in [0.15, 0.2) is 30.5 Å². The highest BCUT2D eigenvalue weighted by Crippen LogP contribution is 2.60. The zero-order valence-electron chi connectivity index (χ0n) is 22.2. The molecular weight excluding hydrogens is 476 g/mol. The highest BCUT2D eigenvalue weighted by molar-refractivity contribution is 5.79. The number of nitrogens with zero attached hydrogens (tertiary/aromatic N) is 3. The third kappa shape index (κ3) is 5.09. The molecule has 8 heteroatoms. The first-order valence-corrected chi connectivity index (χ1v) is 14.2. The summed E-state index contributed by atoms with van der Waals surface area (Å²) in [6.45, 7) is 1.38. The molecule has 5 fully saturated rings. The quantitative estimate of drug-likeness (QED) is 0.442. The van der Waals surface area contributed by atoms with Crippen molar-refractivity contribution < 1.29 is 9.53 Å². The molecule has 1 aromatic carbocycles. The van der Waals surface area contributed by atoms with Crippen LogP contribution >= 0.6 is 0 Å². The SMILES string of the molecule is COc1ccccc1CNc1ncc(C#N)c(NCC23CC4C[C@H](C2)[C@H](NC2CCC(=O)CC2)[C@@H](C4)C3)n1. The molecule has 5 aliphatic carbocycles. The van der Waals surface area contributed by atoms with Gasteiger partial charge in [0.2, 0.25) is 5.95 Å². The van der Waals surface area contributed by atoms with Gasteiger partial charge in [0.15, 0.2) is 0 Å². The Kier molecular flexibility index (Phi) is 6.96. The number of nitriles is 1. The summed E-state index contributed by atoms with van der Waals surface area (Å²) in [5, 5.41) is 20.6.